The van der Waals surface area contributed by atoms with Crippen LogP contribution in [0.15, 0.2) is 53.3 Å². The third-order valence-electron chi connectivity index (χ3n) is 4.78. The Morgan fingerprint density at radius 2 is 1.78 bits per heavy atom. The van der Waals surface area contributed by atoms with E-state index in [4.69, 9.17) is 16.3 Å². The van der Waals surface area contributed by atoms with Crippen LogP contribution in [-0.2, 0) is 22.3 Å². The third kappa shape index (κ3) is 6.75. The van der Waals surface area contributed by atoms with Crippen molar-refractivity contribution in [2.45, 2.75) is 39.1 Å². The van der Waals surface area contributed by atoms with Gasteiger partial charge < -0.3 is 9.64 Å². The van der Waals surface area contributed by atoms with Gasteiger partial charge in [-0.15, -0.1) is 0 Å². The maximum absolute atomic E-state index is 13.5. The highest BCUT2D eigenvalue weighted by molar-refractivity contribution is 6.31. The highest BCUT2D eigenvalue weighted by Gasteiger charge is 2.34. The first-order chi connectivity index (χ1) is 16.6. The number of alkyl halides is 3. The molecule has 0 unspecified atom stereocenters. The molecular formula is C24H22ClF4N3O4. The first-order valence-corrected chi connectivity index (χ1v) is 11.0. The zero-order chi connectivity index (χ0) is 26.8. The van der Waals surface area contributed by atoms with Crippen LogP contribution in [0.25, 0.3) is 5.69 Å². The van der Waals surface area contributed by atoms with Gasteiger partial charge in [0.2, 0.25) is 0 Å². The van der Waals surface area contributed by atoms with Gasteiger partial charge in [-0.1, -0.05) is 23.7 Å². The molecule has 0 atom stereocenters. The van der Waals surface area contributed by atoms with Gasteiger partial charge in [-0.2, -0.15) is 13.2 Å². The van der Waals surface area contributed by atoms with E-state index in [2.05, 4.69) is 0 Å². The van der Waals surface area contributed by atoms with Gasteiger partial charge in [0.25, 0.3) is 11.5 Å². The number of nitrogens with zero attached hydrogens (tertiary/aromatic N) is 2. The maximum Gasteiger partial charge on any atom is 0.432 e. The highest BCUT2D eigenvalue weighted by Crippen LogP contribution is 2.27. The van der Waals surface area contributed by atoms with Crippen molar-refractivity contribution in [1.82, 2.24) is 14.7 Å². The minimum Gasteiger partial charge on any atom is -0.459 e. The van der Waals surface area contributed by atoms with Crippen LogP contribution in [0.3, 0.4) is 0 Å². The van der Waals surface area contributed by atoms with Crippen molar-refractivity contribution < 1.29 is 31.9 Å². The van der Waals surface area contributed by atoms with Crippen LogP contribution in [-0.4, -0.2) is 38.7 Å². The zero-order valence-electron chi connectivity index (χ0n) is 19.5. The molecule has 0 aliphatic carbocycles. The van der Waals surface area contributed by atoms with Gasteiger partial charge >= 0.3 is 12.1 Å². The van der Waals surface area contributed by atoms with Gasteiger partial charge in [0.15, 0.2) is 0 Å². The van der Waals surface area contributed by atoms with Crippen molar-refractivity contribution in [3.8, 4) is 5.69 Å². The van der Waals surface area contributed by atoms with Crippen molar-refractivity contribution in [3.63, 3.8) is 0 Å². The van der Waals surface area contributed by atoms with E-state index in [9.17, 15) is 31.9 Å². The summed E-state index contributed by atoms with van der Waals surface area (Å²) in [5, 5.41) is 2.00. The fourth-order valence-corrected chi connectivity index (χ4v) is 3.51. The Kier molecular flexibility index (Phi) is 7.63. The average Bonchev–Trinajstić information content (AvgIpc) is 3.15. The molecule has 192 valence electrons. The van der Waals surface area contributed by atoms with E-state index < -0.39 is 47.3 Å². The number of benzene rings is 2. The van der Waals surface area contributed by atoms with Crippen molar-refractivity contribution in [2.24, 2.45) is 0 Å². The van der Waals surface area contributed by atoms with Crippen LogP contribution >= 0.6 is 11.6 Å². The highest BCUT2D eigenvalue weighted by atomic mass is 35.5. The number of aromatic nitrogens is 2. The van der Waals surface area contributed by atoms with Crippen molar-refractivity contribution in [1.29, 1.82) is 0 Å². The van der Waals surface area contributed by atoms with Crippen LogP contribution in [0.1, 0.15) is 42.4 Å². The normalized spacial score (nSPS) is 11.9. The summed E-state index contributed by atoms with van der Waals surface area (Å²) in [7, 11) is 0. The SMILES string of the molecule is CC(C)(C)OC(=O)CN(Cc1ccc(F)cc1Cl)C(=O)c1cccc(-n2[nH]c(C(F)(F)F)cc2=O)c1. The number of nitrogens with one attached hydrogen (secondary N) is 1. The number of esters is 1. The summed E-state index contributed by atoms with van der Waals surface area (Å²) in [5.74, 6) is -2.00. The molecule has 0 radical (unpaired) electrons. The first kappa shape index (κ1) is 27.0. The van der Waals surface area contributed by atoms with Gasteiger partial charge in [0.1, 0.15) is 23.7 Å². The molecule has 0 spiro atoms. The Labute approximate surface area is 208 Å². The van der Waals surface area contributed by atoms with Crippen LogP contribution in [0.4, 0.5) is 17.6 Å². The summed E-state index contributed by atoms with van der Waals surface area (Å²) < 4.78 is 58.4. The predicted octanol–water partition coefficient (Wildman–Crippen LogP) is 4.96. The van der Waals surface area contributed by atoms with Crippen LogP contribution < -0.4 is 5.56 Å². The Balaban J connectivity index is 1.96. The van der Waals surface area contributed by atoms with E-state index in [0.717, 1.165) is 17.0 Å². The van der Waals surface area contributed by atoms with Crippen LogP contribution in [0.5, 0.6) is 0 Å². The number of ether oxygens (including phenoxy) is 1. The standard InChI is InChI=1S/C24H22ClF4N3O4/c1-23(2,3)36-21(34)13-31(12-15-7-8-16(26)10-18(15)25)22(35)14-5-4-6-17(9-14)32-20(33)11-19(30-32)24(27,28)29/h4-11,30H,12-13H2,1-3H3. The van der Waals surface area contributed by atoms with E-state index in [-0.39, 0.29) is 22.8 Å². The van der Waals surface area contributed by atoms with Gasteiger partial charge in [0.05, 0.1) is 5.69 Å². The van der Waals surface area contributed by atoms with E-state index in [1.165, 1.54) is 30.3 Å². The van der Waals surface area contributed by atoms with Crippen molar-refractivity contribution >= 4 is 23.5 Å². The summed E-state index contributed by atoms with van der Waals surface area (Å²) in [6.45, 7) is 4.28. The molecule has 7 nitrogen and oxygen atoms in total. The second-order valence-corrected chi connectivity index (χ2v) is 9.28. The summed E-state index contributed by atoms with van der Waals surface area (Å²) in [5.41, 5.74) is -2.76. The van der Waals surface area contributed by atoms with Gasteiger partial charge in [-0.05, 0) is 56.7 Å². The number of hydrogen-bond acceptors (Lipinski definition) is 4. The smallest absolute Gasteiger partial charge is 0.432 e. The second-order valence-electron chi connectivity index (χ2n) is 8.87. The number of H-pyrrole nitrogens is 1. The quantitative estimate of drug-likeness (QED) is 0.363. The van der Waals surface area contributed by atoms with Gasteiger partial charge in [-0.25, -0.2) is 9.07 Å². The molecule has 0 fully saturated rings. The molecular weight excluding hydrogens is 506 g/mol. The molecule has 0 bridgehead atoms. The molecule has 3 aromatic rings. The van der Waals surface area contributed by atoms with E-state index in [0.29, 0.717) is 16.3 Å². The molecule has 0 saturated heterocycles. The fraction of sp³-hybridized carbons (Fsp3) is 0.292. The molecule has 1 heterocycles. The molecule has 12 heteroatoms. The Hall–Kier alpha value is -3.60. The number of halogens is 5. The molecule has 0 saturated carbocycles. The third-order valence-corrected chi connectivity index (χ3v) is 5.13. The monoisotopic (exact) mass is 527 g/mol. The maximum atomic E-state index is 13.5. The first-order valence-electron chi connectivity index (χ1n) is 10.6. The number of hydrogen-bond donors (Lipinski definition) is 1. The average molecular weight is 528 g/mol. The lowest BCUT2D eigenvalue weighted by Gasteiger charge is -2.26. The lowest BCUT2D eigenvalue weighted by Crippen LogP contribution is -2.38. The van der Waals surface area contributed by atoms with Crippen LogP contribution in [0.2, 0.25) is 5.02 Å². The molecule has 1 aromatic heterocycles. The van der Waals surface area contributed by atoms with Crippen LogP contribution in [0, 0.1) is 5.82 Å². The van der Waals surface area contributed by atoms with E-state index >= 15 is 0 Å². The zero-order valence-corrected chi connectivity index (χ0v) is 20.2. The summed E-state index contributed by atoms with van der Waals surface area (Å²) >= 11 is 6.10. The number of carbonyl (C=O) groups excluding carboxylic acids is 2. The largest absolute Gasteiger partial charge is 0.459 e. The van der Waals surface area contributed by atoms with Crippen molar-refractivity contribution in [2.75, 3.05) is 6.54 Å². The van der Waals surface area contributed by atoms with Gasteiger partial charge in [-0.3, -0.25) is 19.5 Å². The lowest BCUT2D eigenvalue weighted by atomic mass is 10.1. The second kappa shape index (κ2) is 10.2. The molecule has 0 aliphatic rings. The number of amides is 1. The summed E-state index contributed by atoms with van der Waals surface area (Å²) in [4.78, 5) is 39.1. The van der Waals surface area contributed by atoms with Gasteiger partial charge in [0, 0.05) is 23.2 Å². The molecule has 1 N–H and O–H groups in total. The minimum absolute atomic E-state index is 0.0237. The molecule has 2 aromatic carbocycles. The lowest BCUT2D eigenvalue weighted by molar-refractivity contribution is -0.155. The minimum atomic E-state index is -4.77. The molecule has 1 amide bonds. The molecule has 36 heavy (non-hydrogen) atoms. The molecule has 3 rings (SSSR count). The summed E-state index contributed by atoms with van der Waals surface area (Å²) in [6.07, 6.45) is -4.77. The van der Waals surface area contributed by atoms with E-state index in [1.54, 1.807) is 20.8 Å². The van der Waals surface area contributed by atoms with E-state index in [1.807, 2.05) is 5.10 Å². The Morgan fingerprint density at radius 1 is 1.08 bits per heavy atom. The topological polar surface area (TPSA) is 84.4 Å². The molecule has 0 aliphatic heterocycles. The summed E-state index contributed by atoms with van der Waals surface area (Å²) in [6, 6.07) is 9.26. The number of carbonyl (C=O) groups is 2. The Morgan fingerprint density at radius 3 is 2.36 bits per heavy atom. The fourth-order valence-electron chi connectivity index (χ4n) is 3.28. The number of aromatic amines is 1. The Bertz CT molecular complexity index is 1340. The number of rotatable bonds is 6. The van der Waals surface area contributed by atoms with Crippen molar-refractivity contribution in [3.05, 3.63) is 86.5 Å². The predicted molar refractivity (Wildman–Crippen MR) is 123 cm³/mol.